The van der Waals surface area contributed by atoms with Gasteiger partial charge in [0.05, 0.1) is 0 Å². The van der Waals surface area contributed by atoms with Gasteiger partial charge in [-0.05, 0) is 36.5 Å². The molecule has 0 saturated heterocycles. The highest BCUT2D eigenvalue weighted by molar-refractivity contribution is 5.95. The van der Waals surface area contributed by atoms with Crippen molar-refractivity contribution < 1.29 is 4.79 Å². The molecule has 1 heteroatoms. The van der Waals surface area contributed by atoms with Crippen molar-refractivity contribution in [2.45, 2.75) is 34.6 Å². The number of hydrogen-bond acceptors (Lipinski definition) is 1. The molecule has 82 valence electrons. The maximum absolute atomic E-state index is 11.7. The van der Waals surface area contributed by atoms with Crippen LogP contribution in [-0.4, -0.2) is 5.78 Å². The molecule has 0 N–H and O–H groups in total. The van der Waals surface area contributed by atoms with Crippen molar-refractivity contribution in [3.63, 3.8) is 0 Å². The van der Waals surface area contributed by atoms with Gasteiger partial charge in [0.15, 0.2) is 5.78 Å². The van der Waals surface area contributed by atoms with Crippen LogP contribution >= 0.6 is 0 Å². The topological polar surface area (TPSA) is 17.1 Å². The Labute approximate surface area is 92.6 Å². The van der Waals surface area contributed by atoms with E-state index in [1.165, 1.54) is 5.57 Å². The van der Waals surface area contributed by atoms with Crippen LogP contribution in [0.2, 0.25) is 0 Å². The maximum atomic E-state index is 11.7. The van der Waals surface area contributed by atoms with Gasteiger partial charge in [-0.25, -0.2) is 0 Å². The van der Waals surface area contributed by atoms with Gasteiger partial charge in [-0.1, -0.05) is 39.0 Å². The summed E-state index contributed by atoms with van der Waals surface area (Å²) in [6, 6.07) is 0. The number of rotatable bonds is 1. The molecule has 0 fully saturated rings. The van der Waals surface area contributed by atoms with Crippen molar-refractivity contribution in [2.24, 2.45) is 11.3 Å². The lowest BCUT2D eigenvalue weighted by atomic mass is 9.66. The lowest BCUT2D eigenvalue weighted by Crippen LogP contribution is -2.33. The second-order valence-corrected chi connectivity index (χ2v) is 4.78. The molecule has 1 unspecified atom stereocenters. The van der Waals surface area contributed by atoms with Crippen LogP contribution < -0.4 is 0 Å². The number of carbonyl (C=O) groups excluding carboxylic acids is 1. The van der Waals surface area contributed by atoms with Gasteiger partial charge in [-0.2, -0.15) is 0 Å². The summed E-state index contributed by atoms with van der Waals surface area (Å²) < 4.78 is 0. The first kappa shape index (κ1) is 12.0. The van der Waals surface area contributed by atoms with E-state index in [2.05, 4.69) is 19.9 Å². The summed E-state index contributed by atoms with van der Waals surface area (Å²) in [5.74, 6) is 0.313. The monoisotopic (exact) mass is 204 g/mol. The minimum Gasteiger partial charge on any atom is -0.295 e. The third kappa shape index (κ3) is 2.11. The molecule has 0 aromatic heterocycles. The molecular weight excluding hydrogens is 184 g/mol. The van der Waals surface area contributed by atoms with Crippen molar-refractivity contribution in [1.82, 2.24) is 0 Å². The van der Waals surface area contributed by atoms with Gasteiger partial charge in [0, 0.05) is 5.92 Å². The first-order valence-electron chi connectivity index (χ1n) is 5.47. The molecule has 0 aromatic rings. The summed E-state index contributed by atoms with van der Waals surface area (Å²) >= 11 is 0. The average Bonchev–Trinajstić information content (AvgIpc) is 2.14. The Morgan fingerprint density at radius 3 is 2.53 bits per heavy atom. The Hall–Kier alpha value is -1.11. The molecule has 15 heavy (non-hydrogen) atoms. The highest BCUT2D eigenvalue weighted by Gasteiger charge is 2.37. The van der Waals surface area contributed by atoms with Gasteiger partial charge in [0.1, 0.15) is 0 Å². The zero-order chi connectivity index (χ0) is 11.6. The summed E-state index contributed by atoms with van der Waals surface area (Å²) in [5, 5.41) is 0. The molecule has 1 nitrogen and oxygen atoms in total. The molecule has 0 aromatic carbocycles. The minimum absolute atomic E-state index is 0.0601. The fourth-order valence-corrected chi connectivity index (χ4v) is 2.05. The molecule has 0 spiro atoms. The van der Waals surface area contributed by atoms with Crippen molar-refractivity contribution in [3.05, 3.63) is 35.5 Å². The molecule has 1 aliphatic carbocycles. The van der Waals surface area contributed by atoms with Crippen molar-refractivity contribution in [3.8, 4) is 0 Å². The number of allylic oxidation sites excluding steroid dienone is 6. The summed E-state index contributed by atoms with van der Waals surface area (Å²) in [5.41, 5.74) is 2.31. The Morgan fingerprint density at radius 2 is 2.00 bits per heavy atom. The first-order valence-corrected chi connectivity index (χ1v) is 5.47. The third-order valence-electron chi connectivity index (χ3n) is 3.44. The number of ketones is 1. The van der Waals surface area contributed by atoms with Gasteiger partial charge < -0.3 is 0 Å². The maximum Gasteiger partial charge on any atom is 0.159 e. The molecule has 0 saturated carbocycles. The lowest BCUT2D eigenvalue weighted by Gasteiger charge is -2.37. The molecule has 0 aliphatic heterocycles. The highest BCUT2D eigenvalue weighted by atomic mass is 16.1. The van der Waals surface area contributed by atoms with E-state index in [-0.39, 0.29) is 17.1 Å². The van der Waals surface area contributed by atoms with E-state index in [0.717, 1.165) is 5.57 Å². The molecule has 0 radical (unpaired) electrons. The molecule has 0 amide bonds. The van der Waals surface area contributed by atoms with Crippen LogP contribution in [0.1, 0.15) is 34.6 Å². The van der Waals surface area contributed by atoms with E-state index in [1.807, 2.05) is 32.9 Å². The van der Waals surface area contributed by atoms with Crippen LogP contribution in [0.5, 0.6) is 0 Å². The molecule has 0 heterocycles. The Balaban J connectivity index is 3.25. The second-order valence-electron chi connectivity index (χ2n) is 4.78. The standard InChI is InChI=1S/C14H20O/c1-6-7-8-12-10(2)9-13(15)11(3)14(12,4)5/h6-9,11H,1-5H3/b7-6-,12-8+. The molecule has 0 bridgehead atoms. The third-order valence-corrected chi connectivity index (χ3v) is 3.44. The summed E-state index contributed by atoms with van der Waals surface area (Å²) in [4.78, 5) is 11.7. The Kier molecular flexibility index (Phi) is 3.33. The van der Waals surface area contributed by atoms with Crippen molar-refractivity contribution in [1.29, 1.82) is 0 Å². The SMILES string of the molecule is C/C=C\C=C1/C(C)=CC(=O)C(C)C1(C)C. The van der Waals surface area contributed by atoms with Crippen LogP contribution in [0.15, 0.2) is 35.5 Å². The number of carbonyl (C=O) groups is 1. The quantitative estimate of drug-likeness (QED) is 0.636. The molecule has 1 aliphatic rings. The van der Waals surface area contributed by atoms with Gasteiger partial charge in [0.2, 0.25) is 0 Å². The summed E-state index contributed by atoms with van der Waals surface area (Å²) in [6.45, 7) is 10.3. The van der Waals surface area contributed by atoms with E-state index in [1.54, 1.807) is 6.08 Å². The van der Waals surface area contributed by atoms with Gasteiger partial charge in [-0.3, -0.25) is 4.79 Å². The predicted molar refractivity (Wildman–Crippen MR) is 64.6 cm³/mol. The second kappa shape index (κ2) is 4.18. The van der Waals surface area contributed by atoms with Gasteiger partial charge >= 0.3 is 0 Å². The highest BCUT2D eigenvalue weighted by Crippen LogP contribution is 2.42. The van der Waals surface area contributed by atoms with Crippen molar-refractivity contribution >= 4 is 5.78 Å². The van der Waals surface area contributed by atoms with Crippen LogP contribution in [-0.2, 0) is 4.79 Å². The van der Waals surface area contributed by atoms with Crippen LogP contribution in [0.4, 0.5) is 0 Å². The summed E-state index contributed by atoms with van der Waals surface area (Å²) in [7, 11) is 0. The van der Waals surface area contributed by atoms with Gasteiger partial charge in [0.25, 0.3) is 0 Å². The van der Waals surface area contributed by atoms with E-state index in [9.17, 15) is 4.79 Å². The van der Waals surface area contributed by atoms with Crippen molar-refractivity contribution in [2.75, 3.05) is 0 Å². The molecule has 1 atom stereocenters. The molecule has 1 rings (SSSR count). The fourth-order valence-electron chi connectivity index (χ4n) is 2.05. The first-order chi connectivity index (χ1) is 6.91. The van der Waals surface area contributed by atoms with Crippen LogP contribution in [0.25, 0.3) is 0 Å². The van der Waals surface area contributed by atoms with E-state index in [0.29, 0.717) is 0 Å². The van der Waals surface area contributed by atoms with Crippen LogP contribution in [0.3, 0.4) is 0 Å². The lowest BCUT2D eigenvalue weighted by molar-refractivity contribution is -0.120. The smallest absolute Gasteiger partial charge is 0.159 e. The van der Waals surface area contributed by atoms with Crippen LogP contribution in [0, 0.1) is 11.3 Å². The van der Waals surface area contributed by atoms with E-state index < -0.39 is 0 Å². The minimum atomic E-state index is -0.0601. The van der Waals surface area contributed by atoms with Gasteiger partial charge in [-0.15, -0.1) is 0 Å². The Bertz CT molecular complexity index is 354. The fraction of sp³-hybridized carbons (Fsp3) is 0.500. The number of hydrogen-bond donors (Lipinski definition) is 0. The summed E-state index contributed by atoms with van der Waals surface area (Å²) in [6.07, 6.45) is 7.94. The normalized spacial score (nSPS) is 28.6. The van der Waals surface area contributed by atoms with E-state index in [4.69, 9.17) is 0 Å². The zero-order valence-corrected chi connectivity index (χ0v) is 10.3. The Morgan fingerprint density at radius 1 is 1.40 bits per heavy atom. The average molecular weight is 204 g/mol. The zero-order valence-electron chi connectivity index (χ0n) is 10.3. The molecular formula is C14H20O. The van der Waals surface area contributed by atoms with E-state index >= 15 is 0 Å². The largest absolute Gasteiger partial charge is 0.295 e. The predicted octanol–water partition coefficient (Wildman–Crippen LogP) is 3.68.